The van der Waals surface area contributed by atoms with Crippen molar-refractivity contribution in [2.45, 2.75) is 31.2 Å². The first kappa shape index (κ1) is 14.6. The summed E-state index contributed by atoms with van der Waals surface area (Å²) in [6.07, 6.45) is 0.617. The van der Waals surface area contributed by atoms with Crippen LogP contribution in [0.25, 0.3) is 0 Å². The number of hydrogen-bond donors (Lipinski definition) is 2. The molecule has 0 radical (unpaired) electrons. The van der Waals surface area contributed by atoms with Gasteiger partial charge in [0.2, 0.25) is 10.0 Å². The number of rotatable bonds is 5. The molecule has 1 aromatic carbocycles. The van der Waals surface area contributed by atoms with Crippen molar-refractivity contribution in [3.8, 4) is 0 Å². The van der Waals surface area contributed by atoms with Crippen LogP contribution in [0, 0.1) is 6.92 Å². The molecule has 1 rings (SSSR count). The highest BCUT2D eigenvalue weighted by atomic mass is 79.9. The Morgan fingerprint density at radius 2 is 2.06 bits per heavy atom. The van der Waals surface area contributed by atoms with Gasteiger partial charge in [0, 0.05) is 17.1 Å². The third kappa shape index (κ3) is 4.75. The molecule has 96 valence electrons. The molecule has 1 aromatic rings. The fourth-order valence-corrected chi connectivity index (χ4v) is 3.30. The molecular formula is C11H17BrN2O2S. The fraction of sp³-hybridized carbons (Fsp3) is 0.455. The molecule has 0 fully saturated rings. The van der Waals surface area contributed by atoms with E-state index in [9.17, 15) is 8.42 Å². The number of nitrogens with two attached hydrogens (primary N) is 1. The summed E-state index contributed by atoms with van der Waals surface area (Å²) in [5.41, 5.74) is 6.46. The van der Waals surface area contributed by atoms with Crippen molar-refractivity contribution in [1.82, 2.24) is 4.72 Å². The van der Waals surface area contributed by atoms with Crippen molar-refractivity contribution in [2.24, 2.45) is 5.73 Å². The highest BCUT2D eigenvalue weighted by Gasteiger charge is 2.14. The van der Waals surface area contributed by atoms with Crippen LogP contribution in [-0.2, 0) is 10.0 Å². The van der Waals surface area contributed by atoms with E-state index < -0.39 is 10.0 Å². The monoisotopic (exact) mass is 320 g/mol. The zero-order chi connectivity index (χ0) is 13.1. The van der Waals surface area contributed by atoms with Gasteiger partial charge in [-0.3, -0.25) is 0 Å². The summed E-state index contributed by atoms with van der Waals surface area (Å²) in [4.78, 5) is 0.272. The highest BCUT2D eigenvalue weighted by Crippen LogP contribution is 2.18. The predicted molar refractivity (Wildman–Crippen MR) is 72.3 cm³/mol. The third-order valence-electron chi connectivity index (χ3n) is 2.22. The van der Waals surface area contributed by atoms with E-state index in [0.29, 0.717) is 13.0 Å². The van der Waals surface area contributed by atoms with Crippen LogP contribution in [-0.4, -0.2) is 21.0 Å². The summed E-state index contributed by atoms with van der Waals surface area (Å²) in [5, 5.41) is 0. The fourth-order valence-electron chi connectivity index (χ4n) is 1.36. The molecule has 0 heterocycles. The van der Waals surface area contributed by atoms with Crippen LogP contribution in [0.3, 0.4) is 0 Å². The molecule has 0 aliphatic heterocycles. The van der Waals surface area contributed by atoms with E-state index in [2.05, 4.69) is 20.7 Å². The lowest BCUT2D eigenvalue weighted by Gasteiger charge is -2.09. The van der Waals surface area contributed by atoms with Gasteiger partial charge in [-0.15, -0.1) is 0 Å². The number of aryl methyl sites for hydroxylation is 1. The molecule has 0 bridgehead atoms. The van der Waals surface area contributed by atoms with Gasteiger partial charge < -0.3 is 5.73 Å². The molecule has 0 amide bonds. The van der Waals surface area contributed by atoms with E-state index in [1.807, 2.05) is 19.9 Å². The van der Waals surface area contributed by atoms with E-state index in [4.69, 9.17) is 5.73 Å². The molecule has 6 heteroatoms. The standard InChI is InChI=1S/C11H17BrN2O2S/c1-8-5-10(12)7-11(6-8)17(15,16)14-4-3-9(2)13/h5-7,9,14H,3-4,13H2,1-2H3. The largest absolute Gasteiger partial charge is 0.328 e. The Labute approximate surface area is 111 Å². The van der Waals surface area contributed by atoms with Gasteiger partial charge in [-0.25, -0.2) is 13.1 Å². The molecular weight excluding hydrogens is 304 g/mol. The van der Waals surface area contributed by atoms with E-state index in [0.717, 1.165) is 10.0 Å². The van der Waals surface area contributed by atoms with E-state index in [1.54, 1.807) is 12.1 Å². The van der Waals surface area contributed by atoms with Crippen LogP contribution in [0.1, 0.15) is 18.9 Å². The van der Waals surface area contributed by atoms with Crippen molar-refractivity contribution in [1.29, 1.82) is 0 Å². The second-order valence-electron chi connectivity index (χ2n) is 4.13. The first-order chi connectivity index (χ1) is 7.81. The molecule has 0 aliphatic carbocycles. The first-order valence-corrected chi connectivity index (χ1v) is 7.61. The maximum Gasteiger partial charge on any atom is 0.240 e. The third-order valence-corrected chi connectivity index (χ3v) is 4.12. The highest BCUT2D eigenvalue weighted by molar-refractivity contribution is 9.10. The average Bonchev–Trinajstić information content (AvgIpc) is 2.14. The van der Waals surface area contributed by atoms with Gasteiger partial charge in [-0.05, 0) is 44.0 Å². The van der Waals surface area contributed by atoms with Gasteiger partial charge in [0.25, 0.3) is 0 Å². The molecule has 0 aliphatic rings. The molecule has 1 unspecified atom stereocenters. The number of nitrogens with one attached hydrogen (secondary N) is 1. The molecule has 0 aromatic heterocycles. The van der Waals surface area contributed by atoms with Crippen molar-refractivity contribution in [3.63, 3.8) is 0 Å². The second kappa shape index (κ2) is 5.95. The summed E-state index contributed by atoms with van der Waals surface area (Å²) < 4.78 is 27.2. The molecule has 1 atom stereocenters. The lowest BCUT2D eigenvalue weighted by molar-refractivity contribution is 0.571. The smallest absolute Gasteiger partial charge is 0.240 e. The molecule has 0 spiro atoms. The maximum absolute atomic E-state index is 11.9. The lowest BCUT2D eigenvalue weighted by Crippen LogP contribution is -2.29. The number of hydrogen-bond acceptors (Lipinski definition) is 3. The summed E-state index contributed by atoms with van der Waals surface area (Å²) in [5.74, 6) is 0. The van der Waals surface area contributed by atoms with Gasteiger partial charge in [-0.2, -0.15) is 0 Å². The van der Waals surface area contributed by atoms with Crippen LogP contribution in [0.2, 0.25) is 0 Å². The van der Waals surface area contributed by atoms with Gasteiger partial charge in [0.15, 0.2) is 0 Å². The summed E-state index contributed by atoms with van der Waals surface area (Å²) in [7, 11) is -3.44. The summed E-state index contributed by atoms with van der Waals surface area (Å²) in [6, 6.07) is 5.07. The lowest BCUT2D eigenvalue weighted by atomic mass is 10.2. The van der Waals surface area contributed by atoms with E-state index in [1.165, 1.54) is 0 Å². The number of halogens is 1. The Hall–Kier alpha value is -0.430. The predicted octanol–water partition coefficient (Wildman–Crippen LogP) is 1.77. The second-order valence-corrected chi connectivity index (χ2v) is 6.81. The molecule has 0 saturated heterocycles. The Morgan fingerprint density at radius 3 is 2.59 bits per heavy atom. The van der Waals surface area contributed by atoms with Gasteiger partial charge in [0.05, 0.1) is 4.90 Å². The van der Waals surface area contributed by atoms with Gasteiger partial charge in [-0.1, -0.05) is 15.9 Å². The van der Waals surface area contributed by atoms with Crippen molar-refractivity contribution in [2.75, 3.05) is 6.54 Å². The minimum Gasteiger partial charge on any atom is -0.328 e. The quantitative estimate of drug-likeness (QED) is 0.868. The van der Waals surface area contributed by atoms with E-state index >= 15 is 0 Å². The molecule has 4 nitrogen and oxygen atoms in total. The zero-order valence-corrected chi connectivity index (χ0v) is 12.3. The van der Waals surface area contributed by atoms with Crippen LogP contribution in [0.5, 0.6) is 0 Å². The topological polar surface area (TPSA) is 72.2 Å². The maximum atomic E-state index is 11.9. The normalized spacial score (nSPS) is 13.6. The summed E-state index contributed by atoms with van der Waals surface area (Å²) >= 11 is 3.28. The van der Waals surface area contributed by atoms with Gasteiger partial charge in [0.1, 0.15) is 0 Å². The van der Waals surface area contributed by atoms with Crippen LogP contribution >= 0.6 is 15.9 Å². The number of sulfonamides is 1. The van der Waals surface area contributed by atoms with Crippen LogP contribution in [0.15, 0.2) is 27.6 Å². The van der Waals surface area contributed by atoms with Gasteiger partial charge >= 0.3 is 0 Å². The SMILES string of the molecule is Cc1cc(Br)cc(S(=O)(=O)NCCC(C)N)c1. The Kier molecular flexibility index (Phi) is 5.12. The van der Waals surface area contributed by atoms with Crippen molar-refractivity contribution >= 4 is 26.0 Å². The molecule has 3 N–H and O–H groups in total. The first-order valence-electron chi connectivity index (χ1n) is 5.34. The Balaban J connectivity index is 2.82. The Bertz CT molecular complexity index is 466. The van der Waals surface area contributed by atoms with Crippen molar-refractivity contribution in [3.05, 3.63) is 28.2 Å². The summed E-state index contributed by atoms with van der Waals surface area (Å²) in [6.45, 7) is 4.05. The zero-order valence-electron chi connectivity index (χ0n) is 9.90. The average molecular weight is 321 g/mol. The van der Waals surface area contributed by atoms with Crippen LogP contribution < -0.4 is 10.5 Å². The number of benzene rings is 1. The molecule has 17 heavy (non-hydrogen) atoms. The minimum absolute atomic E-state index is 0.0121. The molecule has 0 saturated carbocycles. The van der Waals surface area contributed by atoms with Crippen LogP contribution in [0.4, 0.5) is 0 Å². The van der Waals surface area contributed by atoms with Crippen molar-refractivity contribution < 1.29 is 8.42 Å². The minimum atomic E-state index is -3.44. The Morgan fingerprint density at radius 1 is 1.41 bits per heavy atom. The van der Waals surface area contributed by atoms with E-state index in [-0.39, 0.29) is 10.9 Å².